The van der Waals surface area contributed by atoms with Gasteiger partial charge in [-0.15, -0.1) is 6.58 Å². The Hall–Kier alpha value is -0.300. The third-order valence-electron chi connectivity index (χ3n) is 2.08. The van der Waals surface area contributed by atoms with Gasteiger partial charge in [0.25, 0.3) is 0 Å². The minimum absolute atomic E-state index is 1.19. The number of nitrogens with zero attached hydrogens (tertiary/aromatic N) is 1. The SMILES string of the molecule is C=CCCCCN1CCC1. The van der Waals surface area contributed by atoms with Crippen LogP contribution in [0.5, 0.6) is 0 Å². The molecule has 58 valence electrons. The zero-order chi connectivity index (χ0) is 7.23. The van der Waals surface area contributed by atoms with Crippen molar-refractivity contribution < 1.29 is 0 Å². The van der Waals surface area contributed by atoms with Crippen LogP contribution in [0.2, 0.25) is 0 Å². The Morgan fingerprint density at radius 1 is 1.30 bits per heavy atom. The molecule has 1 aliphatic rings. The Balaban J connectivity index is 1.80. The summed E-state index contributed by atoms with van der Waals surface area (Å²) >= 11 is 0. The van der Waals surface area contributed by atoms with Crippen molar-refractivity contribution in [2.45, 2.75) is 25.7 Å². The molecule has 0 aromatic rings. The molecule has 1 rings (SSSR count). The van der Waals surface area contributed by atoms with Crippen molar-refractivity contribution in [1.29, 1.82) is 0 Å². The van der Waals surface area contributed by atoms with E-state index in [4.69, 9.17) is 0 Å². The monoisotopic (exact) mass is 139 g/mol. The number of likely N-dealkylation sites (tertiary alicyclic amines) is 1. The summed E-state index contributed by atoms with van der Waals surface area (Å²) in [6.07, 6.45) is 7.29. The molecule has 1 nitrogen and oxygen atoms in total. The van der Waals surface area contributed by atoms with Crippen LogP contribution in [0, 0.1) is 0 Å². The lowest BCUT2D eigenvalue weighted by atomic mass is 10.2. The van der Waals surface area contributed by atoms with Gasteiger partial charge in [0, 0.05) is 0 Å². The van der Waals surface area contributed by atoms with Crippen LogP contribution in [0.1, 0.15) is 25.7 Å². The summed E-state index contributed by atoms with van der Waals surface area (Å²) in [6, 6.07) is 0. The molecule has 0 aromatic carbocycles. The minimum atomic E-state index is 1.19. The molecule has 0 radical (unpaired) electrons. The van der Waals surface area contributed by atoms with Gasteiger partial charge in [-0.25, -0.2) is 0 Å². The molecule has 10 heavy (non-hydrogen) atoms. The molecular weight excluding hydrogens is 122 g/mol. The van der Waals surface area contributed by atoms with Gasteiger partial charge in [-0.2, -0.15) is 0 Å². The second-order valence-electron chi connectivity index (χ2n) is 2.98. The number of rotatable bonds is 5. The lowest BCUT2D eigenvalue weighted by Crippen LogP contribution is -2.37. The van der Waals surface area contributed by atoms with Gasteiger partial charge in [0.15, 0.2) is 0 Å². The molecule has 1 aliphatic heterocycles. The first-order valence-electron chi connectivity index (χ1n) is 4.27. The summed E-state index contributed by atoms with van der Waals surface area (Å²) in [6.45, 7) is 7.69. The van der Waals surface area contributed by atoms with E-state index < -0.39 is 0 Å². The molecule has 1 heteroatoms. The van der Waals surface area contributed by atoms with Crippen LogP contribution in [0.4, 0.5) is 0 Å². The summed E-state index contributed by atoms with van der Waals surface area (Å²) in [5.74, 6) is 0. The number of unbranched alkanes of at least 4 members (excludes halogenated alkanes) is 2. The third kappa shape index (κ3) is 2.53. The van der Waals surface area contributed by atoms with E-state index in [2.05, 4.69) is 11.5 Å². The highest BCUT2D eigenvalue weighted by atomic mass is 15.2. The Morgan fingerprint density at radius 3 is 2.60 bits per heavy atom. The van der Waals surface area contributed by atoms with E-state index in [9.17, 15) is 0 Å². The van der Waals surface area contributed by atoms with Crippen molar-refractivity contribution in [2.24, 2.45) is 0 Å². The van der Waals surface area contributed by atoms with Gasteiger partial charge in [-0.3, -0.25) is 0 Å². The van der Waals surface area contributed by atoms with E-state index in [1.54, 1.807) is 0 Å². The van der Waals surface area contributed by atoms with Gasteiger partial charge in [-0.1, -0.05) is 6.08 Å². The second kappa shape index (κ2) is 4.51. The largest absolute Gasteiger partial charge is 0.303 e. The molecule has 1 saturated heterocycles. The normalized spacial score (nSPS) is 18.4. The predicted octanol–water partition coefficient (Wildman–Crippen LogP) is 2.05. The molecule has 0 bridgehead atoms. The molecule has 0 spiro atoms. The Morgan fingerprint density at radius 2 is 2.10 bits per heavy atom. The maximum atomic E-state index is 3.70. The number of hydrogen-bond acceptors (Lipinski definition) is 1. The second-order valence-corrected chi connectivity index (χ2v) is 2.98. The summed E-state index contributed by atoms with van der Waals surface area (Å²) in [5.41, 5.74) is 0. The van der Waals surface area contributed by atoms with Crippen molar-refractivity contribution in [3.63, 3.8) is 0 Å². The van der Waals surface area contributed by atoms with Gasteiger partial charge in [0.1, 0.15) is 0 Å². The van der Waals surface area contributed by atoms with E-state index in [1.807, 2.05) is 6.08 Å². The lowest BCUT2D eigenvalue weighted by Gasteiger charge is -2.30. The van der Waals surface area contributed by atoms with E-state index in [0.29, 0.717) is 0 Å². The van der Waals surface area contributed by atoms with Crippen LogP contribution in [-0.2, 0) is 0 Å². The van der Waals surface area contributed by atoms with Gasteiger partial charge in [0.2, 0.25) is 0 Å². The fourth-order valence-corrected chi connectivity index (χ4v) is 1.23. The average Bonchev–Trinajstić information content (AvgIpc) is 1.84. The molecule has 0 unspecified atom stereocenters. The van der Waals surface area contributed by atoms with Crippen molar-refractivity contribution >= 4 is 0 Å². The summed E-state index contributed by atoms with van der Waals surface area (Å²) in [7, 11) is 0. The van der Waals surface area contributed by atoms with Crippen molar-refractivity contribution in [3.8, 4) is 0 Å². The van der Waals surface area contributed by atoms with E-state index >= 15 is 0 Å². The van der Waals surface area contributed by atoms with Gasteiger partial charge < -0.3 is 4.90 Å². The van der Waals surface area contributed by atoms with Crippen LogP contribution in [0.25, 0.3) is 0 Å². The highest BCUT2D eigenvalue weighted by Gasteiger charge is 2.11. The van der Waals surface area contributed by atoms with Crippen molar-refractivity contribution in [3.05, 3.63) is 12.7 Å². The van der Waals surface area contributed by atoms with Crippen LogP contribution >= 0.6 is 0 Å². The third-order valence-corrected chi connectivity index (χ3v) is 2.08. The first-order chi connectivity index (χ1) is 4.93. The van der Waals surface area contributed by atoms with E-state index in [-0.39, 0.29) is 0 Å². The molecule has 0 saturated carbocycles. The fourth-order valence-electron chi connectivity index (χ4n) is 1.23. The minimum Gasteiger partial charge on any atom is -0.303 e. The topological polar surface area (TPSA) is 3.24 Å². The average molecular weight is 139 g/mol. The molecule has 1 fully saturated rings. The summed E-state index contributed by atoms with van der Waals surface area (Å²) < 4.78 is 0. The van der Waals surface area contributed by atoms with Crippen molar-refractivity contribution in [2.75, 3.05) is 19.6 Å². The van der Waals surface area contributed by atoms with Crippen molar-refractivity contribution in [1.82, 2.24) is 4.90 Å². The highest BCUT2D eigenvalue weighted by Crippen LogP contribution is 2.07. The Labute approximate surface area is 63.7 Å². The molecule has 0 N–H and O–H groups in total. The molecule has 0 amide bonds. The highest BCUT2D eigenvalue weighted by molar-refractivity contribution is 4.70. The Bertz CT molecular complexity index is 94.9. The molecule has 0 aliphatic carbocycles. The van der Waals surface area contributed by atoms with Gasteiger partial charge in [0.05, 0.1) is 0 Å². The van der Waals surface area contributed by atoms with Crippen LogP contribution in [0.3, 0.4) is 0 Å². The zero-order valence-electron chi connectivity index (χ0n) is 6.68. The fraction of sp³-hybridized carbons (Fsp3) is 0.778. The molecule has 0 atom stereocenters. The molecule has 1 heterocycles. The van der Waals surface area contributed by atoms with E-state index in [1.165, 1.54) is 45.3 Å². The standard InChI is InChI=1S/C9H17N/c1-2-3-4-5-7-10-8-6-9-10/h2H,1,3-9H2. The maximum Gasteiger partial charge on any atom is -0.000654 e. The number of hydrogen-bond donors (Lipinski definition) is 0. The predicted molar refractivity (Wildman–Crippen MR) is 45.1 cm³/mol. The van der Waals surface area contributed by atoms with Crippen LogP contribution in [-0.4, -0.2) is 24.5 Å². The van der Waals surface area contributed by atoms with Crippen LogP contribution in [0.15, 0.2) is 12.7 Å². The molecule has 0 aromatic heterocycles. The first kappa shape index (κ1) is 7.80. The Kier molecular flexibility index (Phi) is 3.52. The maximum absolute atomic E-state index is 3.70. The number of allylic oxidation sites excluding steroid dienone is 1. The summed E-state index contributed by atoms with van der Waals surface area (Å²) in [5, 5.41) is 0. The smallest absolute Gasteiger partial charge is 0.000654 e. The van der Waals surface area contributed by atoms with E-state index in [0.717, 1.165) is 0 Å². The quantitative estimate of drug-likeness (QED) is 0.416. The van der Waals surface area contributed by atoms with Gasteiger partial charge >= 0.3 is 0 Å². The van der Waals surface area contributed by atoms with Gasteiger partial charge in [-0.05, 0) is 45.3 Å². The summed E-state index contributed by atoms with van der Waals surface area (Å²) in [4.78, 5) is 2.52. The zero-order valence-corrected chi connectivity index (χ0v) is 6.68. The lowest BCUT2D eigenvalue weighted by molar-refractivity contribution is 0.178. The molecular formula is C9H17N. The first-order valence-corrected chi connectivity index (χ1v) is 4.27. The van der Waals surface area contributed by atoms with Crippen LogP contribution < -0.4 is 0 Å².